The van der Waals surface area contributed by atoms with Gasteiger partial charge in [0.1, 0.15) is 5.82 Å². The van der Waals surface area contributed by atoms with Crippen LogP contribution in [0.25, 0.3) is 10.9 Å². The van der Waals surface area contributed by atoms with E-state index in [0.717, 1.165) is 0 Å². The second-order valence-corrected chi connectivity index (χ2v) is 2.76. The first-order chi connectivity index (χ1) is 6.16. The number of halogens is 3. The predicted octanol–water partition coefficient (Wildman–Crippen LogP) is 3.24. The molecule has 1 aromatic heterocycles. The molecule has 1 nitrogen and oxygen atoms in total. The van der Waals surface area contributed by atoms with Crippen molar-refractivity contribution in [3.05, 3.63) is 35.8 Å². The Morgan fingerprint density at radius 1 is 1.15 bits per heavy atom. The zero-order valence-corrected chi connectivity index (χ0v) is 6.52. The molecule has 0 saturated heterocycles. The number of H-pyrrole nitrogens is 1. The van der Waals surface area contributed by atoms with E-state index in [9.17, 15) is 13.2 Å². The van der Waals surface area contributed by atoms with Crippen molar-refractivity contribution in [3.63, 3.8) is 0 Å². The fourth-order valence-electron chi connectivity index (χ4n) is 1.24. The summed E-state index contributed by atoms with van der Waals surface area (Å²) >= 11 is 0. The molecular weight excluding hydrogens is 179 g/mol. The van der Waals surface area contributed by atoms with Gasteiger partial charge in [0.05, 0.1) is 5.69 Å². The molecular formula is C9H6F3N. The normalized spacial score (nSPS) is 11.4. The summed E-state index contributed by atoms with van der Waals surface area (Å²) in [7, 11) is 0. The average Bonchev–Trinajstić information content (AvgIpc) is 2.46. The highest BCUT2D eigenvalue weighted by Crippen LogP contribution is 2.23. The molecule has 0 atom stereocenters. The molecule has 0 saturated carbocycles. The fourth-order valence-corrected chi connectivity index (χ4v) is 1.24. The molecule has 1 aromatic carbocycles. The van der Waals surface area contributed by atoms with Gasteiger partial charge in [-0.25, -0.2) is 13.2 Å². The lowest BCUT2D eigenvalue weighted by Gasteiger charge is -1.90. The smallest absolute Gasteiger partial charge is 0.278 e. The van der Waals surface area contributed by atoms with Crippen LogP contribution < -0.4 is 0 Å². The summed E-state index contributed by atoms with van der Waals surface area (Å²) in [5, 5.41) is 0.468. The van der Waals surface area contributed by atoms with Crippen LogP contribution in [0.3, 0.4) is 0 Å². The number of fused-ring (bicyclic) bond motifs is 1. The van der Waals surface area contributed by atoms with Crippen molar-refractivity contribution in [2.45, 2.75) is 6.43 Å². The fraction of sp³-hybridized carbons (Fsp3) is 0.111. The van der Waals surface area contributed by atoms with Crippen LogP contribution in [-0.2, 0) is 0 Å². The van der Waals surface area contributed by atoms with Crippen LogP contribution in [-0.4, -0.2) is 4.98 Å². The van der Waals surface area contributed by atoms with Gasteiger partial charge in [0.2, 0.25) is 0 Å². The molecule has 1 N–H and O–H groups in total. The summed E-state index contributed by atoms with van der Waals surface area (Å²) in [5.41, 5.74) is 0.345. The van der Waals surface area contributed by atoms with Crippen LogP contribution in [0.1, 0.15) is 12.1 Å². The Morgan fingerprint density at radius 3 is 2.62 bits per heavy atom. The van der Waals surface area contributed by atoms with Gasteiger partial charge in [-0.2, -0.15) is 0 Å². The van der Waals surface area contributed by atoms with Crippen molar-refractivity contribution in [1.82, 2.24) is 4.98 Å². The van der Waals surface area contributed by atoms with Gasteiger partial charge in [-0.1, -0.05) is 0 Å². The van der Waals surface area contributed by atoms with E-state index in [0.29, 0.717) is 10.9 Å². The monoisotopic (exact) mass is 185 g/mol. The second kappa shape index (κ2) is 2.80. The second-order valence-electron chi connectivity index (χ2n) is 2.76. The molecule has 0 aliphatic carbocycles. The highest BCUT2D eigenvalue weighted by atomic mass is 19.3. The molecule has 2 aromatic rings. The third-order valence-electron chi connectivity index (χ3n) is 1.84. The van der Waals surface area contributed by atoms with E-state index in [1.165, 1.54) is 24.3 Å². The first kappa shape index (κ1) is 8.16. The van der Waals surface area contributed by atoms with Crippen LogP contribution in [0.4, 0.5) is 13.2 Å². The van der Waals surface area contributed by atoms with Gasteiger partial charge in [-0.15, -0.1) is 0 Å². The molecule has 2 rings (SSSR count). The number of alkyl halides is 2. The minimum atomic E-state index is -2.55. The molecule has 0 aliphatic heterocycles. The topological polar surface area (TPSA) is 15.8 Å². The molecule has 0 unspecified atom stereocenters. The van der Waals surface area contributed by atoms with E-state index < -0.39 is 12.2 Å². The predicted molar refractivity (Wildman–Crippen MR) is 43.2 cm³/mol. The molecule has 13 heavy (non-hydrogen) atoms. The maximum atomic E-state index is 12.6. The van der Waals surface area contributed by atoms with Crippen LogP contribution in [0.15, 0.2) is 24.3 Å². The van der Waals surface area contributed by atoms with Crippen molar-refractivity contribution in [3.8, 4) is 0 Å². The van der Waals surface area contributed by atoms with Crippen LogP contribution in [0, 0.1) is 5.82 Å². The van der Waals surface area contributed by atoms with E-state index in [4.69, 9.17) is 0 Å². The number of nitrogens with one attached hydrogen (secondary N) is 1. The molecule has 4 heteroatoms. The Kier molecular flexibility index (Phi) is 1.76. The molecule has 0 spiro atoms. The van der Waals surface area contributed by atoms with Crippen LogP contribution >= 0.6 is 0 Å². The zero-order chi connectivity index (χ0) is 9.42. The number of rotatable bonds is 1. The van der Waals surface area contributed by atoms with Crippen molar-refractivity contribution in [2.75, 3.05) is 0 Å². The van der Waals surface area contributed by atoms with Crippen molar-refractivity contribution >= 4 is 10.9 Å². The highest BCUT2D eigenvalue weighted by Gasteiger charge is 2.10. The maximum Gasteiger partial charge on any atom is 0.278 e. The molecule has 1 heterocycles. The first-order valence-corrected chi connectivity index (χ1v) is 3.73. The Labute approximate surface area is 72.2 Å². The summed E-state index contributed by atoms with van der Waals surface area (Å²) in [6.07, 6.45) is -2.55. The first-order valence-electron chi connectivity index (χ1n) is 3.73. The van der Waals surface area contributed by atoms with E-state index >= 15 is 0 Å². The summed E-state index contributed by atoms with van der Waals surface area (Å²) in [4.78, 5) is 2.51. The molecule has 0 aliphatic rings. The standard InChI is InChI=1S/C9H6F3N/c10-6-1-2-7-5(3-6)4-8(13-7)9(11)12/h1-4,9,13H. The van der Waals surface area contributed by atoms with Gasteiger partial charge in [0.25, 0.3) is 6.43 Å². The summed E-state index contributed by atoms with van der Waals surface area (Å²) in [6.45, 7) is 0. The van der Waals surface area contributed by atoms with Gasteiger partial charge in [-0.05, 0) is 24.3 Å². The number of benzene rings is 1. The SMILES string of the molecule is Fc1ccc2[nH]c(C(F)F)cc2c1. The average molecular weight is 185 g/mol. The number of hydrogen-bond donors (Lipinski definition) is 1. The van der Waals surface area contributed by atoms with Gasteiger partial charge in [0, 0.05) is 10.9 Å². The number of aromatic amines is 1. The van der Waals surface area contributed by atoms with Crippen molar-refractivity contribution in [2.24, 2.45) is 0 Å². The van der Waals surface area contributed by atoms with Gasteiger partial charge < -0.3 is 4.98 Å². The quantitative estimate of drug-likeness (QED) is 0.701. The van der Waals surface area contributed by atoms with Crippen LogP contribution in [0.2, 0.25) is 0 Å². The zero-order valence-electron chi connectivity index (χ0n) is 6.52. The van der Waals surface area contributed by atoms with E-state index in [1.807, 2.05) is 0 Å². The summed E-state index contributed by atoms with van der Waals surface area (Å²) in [6, 6.07) is 5.14. The Hall–Kier alpha value is -1.45. The number of hydrogen-bond acceptors (Lipinski definition) is 0. The molecule has 0 fully saturated rings. The third-order valence-corrected chi connectivity index (χ3v) is 1.84. The van der Waals surface area contributed by atoms with Gasteiger partial charge in [0.15, 0.2) is 0 Å². The molecule has 0 bridgehead atoms. The maximum absolute atomic E-state index is 12.6. The minimum absolute atomic E-state index is 0.180. The summed E-state index contributed by atoms with van der Waals surface area (Å²) in [5.74, 6) is -0.424. The lowest BCUT2D eigenvalue weighted by atomic mass is 10.2. The third kappa shape index (κ3) is 1.39. The Balaban J connectivity index is 2.62. The highest BCUT2D eigenvalue weighted by molar-refractivity contribution is 5.80. The van der Waals surface area contributed by atoms with E-state index in [-0.39, 0.29) is 5.69 Å². The minimum Gasteiger partial charge on any atom is -0.354 e. The lowest BCUT2D eigenvalue weighted by molar-refractivity contribution is 0.147. The van der Waals surface area contributed by atoms with Crippen molar-refractivity contribution < 1.29 is 13.2 Å². The van der Waals surface area contributed by atoms with Gasteiger partial charge in [-0.3, -0.25) is 0 Å². The Morgan fingerprint density at radius 2 is 1.92 bits per heavy atom. The lowest BCUT2D eigenvalue weighted by Crippen LogP contribution is -1.80. The Bertz CT molecular complexity index is 433. The molecule has 68 valence electrons. The molecule has 0 radical (unpaired) electrons. The molecule has 0 amide bonds. The van der Waals surface area contributed by atoms with Crippen LogP contribution in [0.5, 0.6) is 0 Å². The number of aromatic nitrogens is 1. The summed E-state index contributed by atoms with van der Waals surface area (Å²) < 4.78 is 37.0. The van der Waals surface area contributed by atoms with Gasteiger partial charge >= 0.3 is 0 Å². The van der Waals surface area contributed by atoms with E-state index in [1.54, 1.807) is 0 Å². The largest absolute Gasteiger partial charge is 0.354 e. The van der Waals surface area contributed by atoms with Crippen molar-refractivity contribution in [1.29, 1.82) is 0 Å². The van der Waals surface area contributed by atoms with E-state index in [2.05, 4.69) is 4.98 Å².